The second-order valence-electron chi connectivity index (χ2n) is 26.0. The van der Waals surface area contributed by atoms with Crippen molar-refractivity contribution in [2.45, 2.75) is 372 Å². The predicted molar refractivity (Wildman–Crippen MR) is 393 cm³/mol. The molecule has 1 amide bonds. The molecule has 8 atom stereocenters. The number of carbonyl (C=O) groups is 2. The minimum Gasteiger partial charge on any atom is -0.454 e. The molecule has 534 valence electrons. The van der Waals surface area contributed by atoms with Crippen molar-refractivity contribution in [2.24, 2.45) is 0 Å². The largest absolute Gasteiger partial charge is 0.454 e. The van der Waals surface area contributed by atoms with Gasteiger partial charge in [0.1, 0.15) is 24.4 Å². The van der Waals surface area contributed by atoms with Gasteiger partial charge >= 0.3 is 5.97 Å². The number of carbonyl (C=O) groups excluding carboxylic acids is 2. The number of nitrogens with one attached hydrogen (secondary N) is 1. The van der Waals surface area contributed by atoms with Crippen molar-refractivity contribution in [3.05, 3.63) is 122 Å². The Hall–Kier alpha value is -3.94. The fraction of sp³-hybridized carbons (Fsp3) is 0.732. The average molecular weight is 1300 g/mol. The third-order valence-corrected chi connectivity index (χ3v) is 17.3. The molecular formula is C82H141NO10. The highest BCUT2D eigenvalue weighted by Gasteiger charge is 2.47. The SMILES string of the molecule is CC/C=C\C/C=C\C/C=C\C/C=C\C/C=C\CCCCCCCCCCCCCC(=O)OC1C(OCC(NC(=O)C(O)CCCCCCCCCCCC/C=C\C/C=C\C/C=C\C/C=C\CCCCC)C(O)/C=C/CCCCCCCCCCC)OC(CO)C(O)C1O. The van der Waals surface area contributed by atoms with E-state index in [1.54, 1.807) is 6.08 Å². The van der Waals surface area contributed by atoms with Gasteiger partial charge in [0.2, 0.25) is 5.91 Å². The zero-order valence-electron chi connectivity index (χ0n) is 59.6. The molecule has 0 saturated carbocycles. The maximum atomic E-state index is 13.5. The number of unbranched alkanes of at least 4 members (excludes halogenated alkanes) is 33. The first-order chi connectivity index (χ1) is 45.7. The van der Waals surface area contributed by atoms with Crippen molar-refractivity contribution in [3.63, 3.8) is 0 Å². The lowest BCUT2D eigenvalue weighted by Gasteiger charge is -2.41. The Balaban J connectivity index is 2.51. The summed E-state index contributed by atoms with van der Waals surface area (Å²) in [5.41, 5.74) is 0. The van der Waals surface area contributed by atoms with E-state index in [0.717, 1.165) is 122 Å². The van der Waals surface area contributed by atoms with Crippen molar-refractivity contribution in [1.29, 1.82) is 0 Å². The Bertz CT molecular complexity index is 1980. The van der Waals surface area contributed by atoms with Gasteiger partial charge in [0.05, 0.1) is 25.4 Å². The van der Waals surface area contributed by atoms with Crippen LogP contribution in [0.4, 0.5) is 0 Å². The molecule has 1 rings (SSSR count). The smallest absolute Gasteiger partial charge is 0.306 e. The number of esters is 1. The van der Waals surface area contributed by atoms with E-state index >= 15 is 0 Å². The van der Waals surface area contributed by atoms with Gasteiger partial charge in [-0.3, -0.25) is 9.59 Å². The number of aliphatic hydroxyl groups is 5. The van der Waals surface area contributed by atoms with E-state index in [4.69, 9.17) is 14.2 Å². The summed E-state index contributed by atoms with van der Waals surface area (Å²) in [6.45, 7) is 5.67. The van der Waals surface area contributed by atoms with Crippen LogP contribution in [0.2, 0.25) is 0 Å². The Kier molecular flexibility index (Phi) is 63.7. The van der Waals surface area contributed by atoms with Gasteiger partial charge in [0.15, 0.2) is 12.4 Å². The summed E-state index contributed by atoms with van der Waals surface area (Å²) >= 11 is 0. The zero-order chi connectivity index (χ0) is 67.4. The van der Waals surface area contributed by atoms with E-state index in [0.29, 0.717) is 12.8 Å². The standard InChI is InChI=1S/C82H141NO10/c1-4-7-10-13-16-19-22-24-26-28-30-32-34-36-38-40-42-44-46-48-50-52-55-58-61-64-67-70-77(87)93-80-79(89)78(88)76(71-84)92-82(80)91-72-73(74(85)68-65-62-59-56-53-21-18-15-12-9-6-3)83-81(90)75(86)69-66-63-60-57-54-51-49-47-45-43-41-39-37-35-33-31-29-27-25-23-20-17-14-11-8-5-2/h7,10,16-17,19-20,24-27,30-33,36-39,65,68,73-76,78-80,82,84-86,88-89H,4-6,8-9,11-15,18,21-23,28-29,34-35,40-64,66-67,69-72H2,1-3H3,(H,83,90)/b10-7-,19-16-,20-17-,26-24-,27-25-,32-30-,33-31-,38-36-,39-37-,68-65+. The normalized spacial score (nSPS) is 18.6. The highest BCUT2D eigenvalue weighted by atomic mass is 16.7. The van der Waals surface area contributed by atoms with Crippen LogP contribution in [0.3, 0.4) is 0 Å². The summed E-state index contributed by atoms with van der Waals surface area (Å²) in [4.78, 5) is 26.7. The van der Waals surface area contributed by atoms with Gasteiger partial charge in [-0.15, -0.1) is 0 Å². The number of rotatable bonds is 65. The van der Waals surface area contributed by atoms with Crippen LogP contribution in [0.25, 0.3) is 0 Å². The first kappa shape index (κ1) is 87.1. The van der Waals surface area contributed by atoms with Crippen LogP contribution >= 0.6 is 0 Å². The lowest BCUT2D eigenvalue weighted by atomic mass is 9.99. The zero-order valence-corrected chi connectivity index (χ0v) is 59.6. The first-order valence-corrected chi connectivity index (χ1v) is 38.3. The number of ether oxygens (including phenoxy) is 3. The molecule has 8 unspecified atom stereocenters. The molecule has 0 aromatic rings. The van der Waals surface area contributed by atoms with Crippen molar-refractivity contribution >= 4 is 11.9 Å². The molecule has 0 spiro atoms. The van der Waals surface area contributed by atoms with Gasteiger partial charge in [0.25, 0.3) is 0 Å². The summed E-state index contributed by atoms with van der Waals surface area (Å²) < 4.78 is 17.7. The Morgan fingerprint density at radius 3 is 1.18 bits per heavy atom. The molecule has 0 radical (unpaired) electrons. The molecule has 1 heterocycles. The molecule has 6 N–H and O–H groups in total. The minimum atomic E-state index is -1.62. The van der Waals surface area contributed by atoms with Crippen LogP contribution in [0.15, 0.2) is 122 Å². The van der Waals surface area contributed by atoms with Crippen molar-refractivity contribution in [1.82, 2.24) is 5.32 Å². The van der Waals surface area contributed by atoms with Gasteiger partial charge < -0.3 is 45.1 Å². The van der Waals surface area contributed by atoms with Gasteiger partial charge in [-0.1, -0.05) is 322 Å². The molecule has 1 saturated heterocycles. The van der Waals surface area contributed by atoms with E-state index in [-0.39, 0.29) is 19.4 Å². The van der Waals surface area contributed by atoms with E-state index < -0.39 is 67.4 Å². The Labute approximate surface area is 570 Å². The molecule has 0 aromatic heterocycles. The van der Waals surface area contributed by atoms with E-state index in [1.807, 2.05) is 6.08 Å². The number of amides is 1. The quantitative estimate of drug-likeness (QED) is 0.0195. The van der Waals surface area contributed by atoms with Gasteiger partial charge in [-0.25, -0.2) is 0 Å². The molecule has 93 heavy (non-hydrogen) atoms. The Morgan fingerprint density at radius 2 is 0.774 bits per heavy atom. The van der Waals surface area contributed by atoms with Gasteiger partial charge in [0, 0.05) is 6.42 Å². The fourth-order valence-electron chi connectivity index (χ4n) is 11.4. The fourth-order valence-corrected chi connectivity index (χ4v) is 11.4. The van der Waals surface area contributed by atoms with Crippen molar-refractivity contribution < 1.29 is 49.3 Å². The lowest BCUT2D eigenvalue weighted by molar-refractivity contribution is -0.305. The van der Waals surface area contributed by atoms with Gasteiger partial charge in [-0.05, 0) is 116 Å². The Morgan fingerprint density at radius 1 is 0.430 bits per heavy atom. The van der Waals surface area contributed by atoms with Crippen LogP contribution < -0.4 is 5.32 Å². The average Bonchev–Trinajstić information content (AvgIpc) is 0.842. The second kappa shape index (κ2) is 68.0. The predicted octanol–water partition coefficient (Wildman–Crippen LogP) is 20.5. The van der Waals surface area contributed by atoms with Gasteiger partial charge in [-0.2, -0.15) is 0 Å². The molecule has 1 aliphatic heterocycles. The number of hydrogen-bond acceptors (Lipinski definition) is 10. The summed E-state index contributed by atoms with van der Waals surface area (Å²) in [7, 11) is 0. The first-order valence-electron chi connectivity index (χ1n) is 38.3. The third kappa shape index (κ3) is 54.8. The van der Waals surface area contributed by atoms with Crippen molar-refractivity contribution in [3.8, 4) is 0 Å². The van der Waals surface area contributed by atoms with E-state index in [9.17, 15) is 35.1 Å². The lowest BCUT2D eigenvalue weighted by Crippen LogP contribution is -2.61. The van der Waals surface area contributed by atoms with Crippen LogP contribution in [0.1, 0.15) is 323 Å². The molecular weight excluding hydrogens is 1160 g/mol. The highest BCUT2D eigenvalue weighted by molar-refractivity contribution is 5.80. The molecule has 0 aromatic carbocycles. The molecule has 1 aliphatic rings. The molecule has 11 nitrogen and oxygen atoms in total. The van der Waals surface area contributed by atoms with Crippen molar-refractivity contribution in [2.75, 3.05) is 13.2 Å². The maximum Gasteiger partial charge on any atom is 0.306 e. The molecule has 0 aliphatic carbocycles. The monoisotopic (exact) mass is 1300 g/mol. The number of allylic oxidation sites excluding steroid dienone is 19. The minimum absolute atomic E-state index is 0.114. The second-order valence-corrected chi connectivity index (χ2v) is 26.0. The van der Waals surface area contributed by atoms with E-state index in [1.165, 1.54) is 154 Å². The van der Waals surface area contributed by atoms with Crippen LogP contribution in [-0.2, 0) is 23.8 Å². The molecule has 11 heteroatoms. The summed E-state index contributed by atoms with van der Waals surface area (Å²) in [6.07, 6.45) is 85.3. The summed E-state index contributed by atoms with van der Waals surface area (Å²) in [5.74, 6) is -1.20. The topological polar surface area (TPSA) is 175 Å². The van der Waals surface area contributed by atoms with E-state index in [2.05, 4.69) is 135 Å². The highest BCUT2D eigenvalue weighted by Crippen LogP contribution is 2.26. The summed E-state index contributed by atoms with van der Waals surface area (Å²) in [6, 6.07) is -1.03. The number of hydrogen-bond donors (Lipinski definition) is 6. The molecule has 0 bridgehead atoms. The molecule has 1 fully saturated rings. The maximum absolute atomic E-state index is 13.5. The number of aliphatic hydroxyl groups excluding tert-OH is 5. The van der Waals surface area contributed by atoms with Crippen LogP contribution in [0, 0.1) is 0 Å². The van der Waals surface area contributed by atoms with Crippen LogP contribution in [0.5, 0.6) is 0 Å². The van der Waals surface area contributed by atoms with Crippen LogP contribution in [-0.4, -0.2) is 99.6 Å². The summed E-state index contributed by atoms with van der Waals surface area (Å²) in [5, 5.41) is 57.3. The third-order valence-electron chi connectivity index (χ3n) is 17.3.